The summed E-state index contributed by atoms with van der Waals surface area (Å²) in [6, 6.07) is 2.22. The van der Waals surface area contributed by atoms with Gasteiger partial charge in [-0.2, -0.15) is 0 Å². The van der Waals surface area contributed by atoms with E-state index in [9.17, 15) is 18.0 Å². The number of nitrogens with two attached hydrogens (primary N) is 1. The minimum absolute atomic E-state index is 0.0748. The standard InChI is InChI=1S/C9H7BrF3NO2/c1-4(15)5-2-3-6(7(10)8(5)14)16-9(11,12)13/h2-3H,14H2,1H3. The first-order valence-corrected chi connectivity index (χ1v) is 4.86. The maximum Gasteiger partial charge on any atom is 0.573 e. The van der Waals surface area contributed by atoms with Gasteiger partial charge in [-0.1, -0.05) is 0 Å². The van der Waals surface area contributed by atoms with E-state index in [1.54, 1.807) is 0 Å². The lowest BCUT2D eigenvalue weighted by Crippen LogP contribution is -2.18. The zero-order valence-corrected chi connectivity index (χ0v) is 9.65. The third kappa shape index (κ3) is 2.88. The Hall–Kier alpha value is -1.24. The van der Waals surface area contributed by atoms with Gasteiger partial charge in [-0.05, 0) is 35.0 Å². The quantitative estimate of drug-likeness (QED) is 0.674. The zero-order chi connectivity index (χ0) is 12.5. The van der Waals surface area contributed by atoms with Crippen molar-refractivity contribution in [3.63, 3.8) is 0 Å². The zero-order valence-electron chi connectivity index (χ0n) is 8.06. The molecule has 2 N–H and O–H groups in total. The summed E-state index contributed by atoms with van der Waals surface area (Å²) in [5, 5.41) is 0. The fourth-order valence-electron chi connectivity index (χ4n) is 1.08. The third-order valence-corrected chi connectivity index (χ3v) is 2.57. The first kappa shape index (κ1) is 12.8. The largest absolute Gasteiger partial charge is 0.573 e. The summed E-state index contributed by atoms with van der Waals surface area (Å²) in [7, 11) is 0. The normalized spacial score (nSPS) is 11.3. The Labute approximate surface area is 97.5 Å². The number of hydrogen-bond donors (Lipinski definition) is 1. The molecule has 0 fully saturated rings. The molecule has 3 nitrogen and oxygen atoms in total. The Morgan fingerprint density at radius 1 is 1.44 bits per heavy atom. The van der Waals surface area contributed by atoms with E-state index >= 15 is 0 Å². The molecule has 1 rings (SSSR count). The lowest BCUT2D eigenvalue weighted by molar-refractivity contribution is -0.274. The maximum absolute atomic E-state index is 12.0. The van der Waals surface area contributed by atoms with Gasteiger partial charge in [-0.25, -0.2) is 0 Å². The number of ketones is 1. The minimum atomic E-state index is -4.80. The molecule has 7 heteroatoms. The summed E-state index contributed by atoms with van der Waals surface area (Å²) in [6.07, 6.45) is -4.80. The van der Waals surface area contributed by atoms with Gasteiger partial charge in [0, 0.05) is 5.56 Å². The van der Waals surface area contributed by atoms with Gasteiger partial charge in [0.05, 0.1) is 10.2 Å². The monoisotopic (exact) mass is 297 g/mol. The van der Waals surface area contributed by atoms with Crippen LogP contribution >= 0.6 is 15.9 Å². The highest BCUT2D eigenvalue weighted by atomic mass is 79.9. The van der Waals surface area contributed by atoms with Crippen molar-refractivity contribution < 1.29 is 22.7 Å². The van der Waals surface area contributed by atoms with Gasteiger partial charge in [-0.15, -0.1) is 13.2 Å². The van der Waals surface area contributed by atoms with Crippen molar-refractivity contribution in [1.82, 2.24) is 0 Å². The van der Waals surface area contributed by atoms with Crippen LogP contribution in [0.4, 0.5) is 18.9 Å². The first-order valence-electron chi connectivity index (χ1n) is 4.07. The number of anilines is 1. The fourth-order valence-corrected chi connectivity index (χ4v) is 1.51. The van der Waals surface area contributed by atoms with Crippen LogP contribution in [-0.2, 0) is 0 Å². The van der Waals surface area contributed by atoms with Gasteiger partial charge >= 0.3 is 6.36 Å². The van der Waals surface area contributed by atoms with Crippen LogP contribution < -0.4 is 10.5 Å². The van der Waals surface area contributed by atoms with E-state index in [1.807, 2.05) is 0 Å². The second-order valence-corrected chi connectivity index (χ2v) is 3.74. The van der Waals surface area contributed by atoms with Crippen LogP contribution in [0.25, 0.3) is 0 Å². The molecule has 0 radical (unpaired) electrons. The lowest BCUT2D eigenvalue weighted by atomic mass is 10.1. The highest BCUT2D eigenvalue weighted by Crippen LogP contribution is 2.36. The minimum Gasteiger partial charge on any atom is -0.405 e. The molecule has 1 aromatic carbocycles. The fraction of sp³-hybridized carbons (Fsp3) is 0.222. The average molecular weight is 298 g/mol. The Morgan fingerprint density at radius 2 is 2.00 bits per heavy atom. The van der Waals surface area contributed by atoms with E-state index in [-0.39, 0.29) is 21.5 Å². The maximum atomic E-state index is 12.0. The summed E-state index contributed by atoms with van der Waals surface area (Å²) in [4.78, 5) is 11.1. The second kappa shape index (κ2) is 4.32. The number of halogens is 4. The van der Waals surface area contributed by atoms with Crippen molar-refractivity contribution in [2.75, 3.05) is 5.73 Å². The Bertz CT molecular complexity index is 431. The number of carbonyl (C=O) groups is 1. The van der Waals surface area contributed by atoms with Crippen molar-refractivity contribution in [3.8, 4) is 5.75 Å². The molecule has 0 atom stereocenters. The predicted octanol–water partition coefficient (Wildman–Crippen LogP) is 3.13. The Morgan fingerprint density at radius 3 is 2.44 bits per heavy atom. The van der Waals surface area contributed by atoms with E-state index in [0.717, 1.165) is 6.07 Å². The molecule has 0 heterocycles. The topological polar surface area (TPSA) is 52.3 Å². The van der Waals surface area contributed by atoms with Gasteiger partial charge < -0.3 is 10.5 Å². The van der Waals surface area contributed by atoms with E-state index in [4.69, 9.17) is 5.73 Å². The van der Waals surface area contributed by atoms with Gasteiger partial charge in [0.2, 0.25) is 0 Å². The highest BCUT2D eigenvalue weighted by molar-refractivity contribution is 9.10. The number of nitrogen functional groups attached to an aromatic ring is 1. The predicted molar refractivity (Wildman–Crippen MR) is 55.2 cm³/mol. The molecule has 0 bridgehead atoms. The first-order chi connectivity index (χ1) is 7.22. The number of benzene rings is 1. The highest BCUT2D eigenvalue weighted by Gasteiger charge is 2.32. The molecule has 0 saturated heterocycles. The molecule has 0 aromatic heterocycles. The van der Waals surface area contributed by atoms with Crippen LogP contribution in [0.5, 0.6) is 5.75 Å². The molecule has 16 heavy (non-hydrogen) atoms. The number of rotatable bonds is 2. The van der Waals surface area contributed by atoms with E-state index in [0.29, 0.717) is 0 Å². The van der Waals surface area contributed by atoms with Crippen LogP contribution in [0.1, 0.15) is 17.3 Å². The lowest BCUT2D eigenvalue weighted by Gasteiger charge is -2.13. The summed E-state index contributed by atoms with van der Waals surface area (Å²) in [6.45, 7) is 1.27. The molecule has 0 spiro atoms. The van der Waals surface area contributed by atoms with Crippen LogP contribution in [0.15, 0.2) is 16.6 Å². The van der Waals surface area contributed by atoms with Gasteiger partial charge in [0.1, 0.15) is 5.75 Å². The molecule has 0 aliphatic rings. The number of hydrogen-bond acceptors (Lipinski definition) is 3. The van der Waals surface area contributed by atoms with Crippen LogP contribution in [0.3, 0.4) is 0 Å². The number of Topliss-reactive ketones (excluding diaryl/α,β-unsaturated/α-hetero) is 1. The molecular formula is C9H7BrF3NO2. The van der Waals surface area contributed by atoms with Crippen molar-refractivity contribution in [1.29, 1.82) is 0 Å². The summed E-state index contributed by atoms with van der Waals surface area (Å²) < 4.78 is 39.5. The molecule has 0 unspecified atom stereocenters. The van der Waals surface area contributed by atoms with E-state index < -0.39 is 12.1 Å². The molecule has 1 aromatic rings. The SMILES string of the molecule is CC(=O)c1ccc(OC(F)(F)F)c(Br)c1N. The van der Waals surface area contributed by atoms with Gasteiger partial charge in [-0.3, -0.25) is 4.79 Å². The average Bonchev–Trinajstić information content (AvgIpc) is 2.10. The van der Waals surface area contributed by atoms with Crippen molar-refractivity contribution in [2.24, 2.45) is 0 Å². The van der Waals surface area contributed by atoms with E-state index in [2.05, 4.69) is 20.7 Å². The van der Waals surface area contributed by atoms with Crippen LogP contribution in [0, 0.1) is 0 Å². The van der Waals surface area contributed by atoms with Crippen molar-refractivity contribution in [3.05, 3.63) is 22.2 Å². The molecular weight excluding hydrogens is 291 g/mol. The molecule has 0 aliphatic heterocycles. The summed E-state index contributed by atoms with van der Waals surface area (Å²) in [5.74, 6) is -0.813. The third-order valence-electron chi connectivity index (χ3n) is 1.75. The van der Waals surface area contributed by atoms with Gasteiger partial charge in [0.25, 0.3) is 0 Å². The molecule has 0 saturated carbocycles. The van der Waals surface area contributed by atoms with Crippen LogP contribution in [0.2, 0.25) is 0 Å². The molecule has 0 aliphatic carbocycles. The van der Waals surface area contributed by atoms with Crippen molar-refractivity contribution in [2.45, 2.75) is 13.3 Å². The van der Waals surface area contributed by atoms with E-state index in [1.165, 1.54) is 13.0 Å². The summed E-state index contributed by atoms with van der Waals surface area (Å²) >= 11 is 2.85. The van der Waals surface area contributed by atoms with Gasteiger partial charge in [0.15, 0.2) is 5.78 Å². The summed E-state index contributed by atoms with van der Waals surface area (Å²) in [5.41, 5.74) is 5.55. The second-order valence-electron chi connectivity index (χ2n) is 2.94. The molecule has 0 amide bonds. The Balaban J connectivity index is 3.17. The van der Waals surface area contributed by atoms with Crippen LogP contribution in [-0.4, -0.2) is 12.1 Å². The number of alkyl halides is 3. The number of carbonyl (C=O) groups excluding carboxylic acids is 1. The number of ether oxygens (including phenoxy) is 1. The smallest absolute Gasteiger partial charge is 0.405 e. The Kier molecular flexibility index (Phi) is 3.47. The van der Waals surface area contributed by atoms with Crippen molar-refractivity contribution >= 4 is 27.4 Å². The molecule has 88 valence electrons.